The predicted octanol–water partition coefficient (Wildman–Crippen LogP) is 6.26. The highest BCUT2D eigenvalue weighted by atomic mass is 19.1. The summed E-state index contributed by atoms with van der Waals surface area (Å²) in [5.74, 6) is 1.78. The van der Waals surface area contributed by atoms with E-state index < -0.39 is 11.6 Å². The van der Waals surface area contributed by atoms with E-state index in [9.17, 15) is 23.8 Å². The number of aliphatic hydroxyl groups is 2. The van der Waals surface area contributed by atoms with Crippen molar-refractivity contribution >= 4 is 11.6 Å². The quantitative estimate of drug-likeness (QED) is 0.484. The zero-order chi connectivity index (χ0) is 27.0. The van der Waals surface area contributed by atoms with E-state index in [4.69, 9.17) is 0 Å². The summed E-state index contributed by atoms with van der Waals surface area (Å²) < 4.78 is 28.7. The molecule has 10 atom stereocenters. The van der Waals surface area contributed by atoms with Crippen LogP contribution in [0.25, 0.3) is 0 Å². The molecule has 2 N–H and O–H groups in total. The maximum atomic E-state index is 14.5. The molecule has 0 saturated heterocycles. The van der Waals surface area contributed by atoms with Gasteiger partial charge in [0, 0.05) is 18.5 Å². The summed E-state index contributed by atoms with van der Waals surface area (Å²) >= 11 is 0. The van der Waals surface area contributed by atoms with Gasteiger partial charge in [-0.1, -0.05) is 20.8 Å². The Labute approximate surface area is 226 Å². The molecule has 0 radical (unpaired) electrons. The Morgan fingerprint density at radius 1 is 1.05 bits per heavy atom. The summed E-state index contributed by atoms with van der Waals surface area (Å²) in [6.07, 6.45) is 9.25. The lowest BCUT2D eigenvalue weighted by molar-refractivity contribution is -0.174. The second-order valence-corrected chi connectivity index (χ2v) is 14.1. The predicted molar refractivity (Wildman–Crippen MR) is 143 cm³/mol. The first-order valence-electron chi connectivity index (χ1n) is 15.2. The molecule has 4 saturated carbocycles. The number of aliphatic hydroxyl groups excluding tert-OH is 2. The van der Waals surface area contributed by atoms with Gasteiger partial charge in [0.05, 0.1) is 17.9 Å². The molecular weight excluding hydrogens is 484 g/mol. The van der Waals surface area contributed by atoms with Gasteiger partial charge in [-0.3, -0.25) is 4.79 Å². The molecule has 0 bridgehead atoms. The zero-order valence-corrected chi connectivity index (χ0v) is 23.3. The molecule has 1 aromatic carbocycles. The second kappa shape index (κ2) is 9.54. The van der Waals surface area contributed by atoms with Gasteiger partial charge < -0.3 is 15.1 Å². The van der Waals surface area contributed by atoms with Gasteiger partial charge in [-0.2, -0.15) is 0 Å². The normalized spacial score (nSPS) is 42.7. The van der Waals surface area contributed by atoms with Crippen LogP contribution < -0.4 is 4.90 Å². The molecule has 0 aromatic heterocycles. The average Bonchev–Trinajstić information content (AvgIpc) is 3.49. The first-order chi connectivity index (χ1) is 18.1. The minimum atomic E-state index is -0.526. The van der Waals surface area contributed by atoms with Crippen molar-refractivity contribution in [2.45, 2.75) is 104 Å². The summed E-state index contributed by atoms with van der Waals surface area (Å²) in [6.45, 7) is 7.33. The number of nitrogens with zero attached hydrogens (tertiary/aromatic N) is 1. The summed E-state index contributed by atoms with van der Waals surface area (Å²) in [5, 5.41) is 22.1. The SMILES string of the molecule is C[C@H](CCC(=O)N1CCc2c(F)ccc(F)c21)[C@H]1CC[C@H]2[C@@H]3CC[C@@H]4C[C@H](O)CC[C@]4(C)[C@H]3C[C@H](O)[C@]12C. The molecule has 6 heteroatoms. The van der Waals surface area contributed by atoms with Crippen LogP contribution in [0.5, 0.6) is 0 Å². The van der Waals surface area contributed by atoms with Crippen LogP contribution in [0, 0.1) is 58.0 Å². The van der Waals surface area contributed by atoms with Crippen LogP contribution in [0.15, 0.2) is 12.1 Å². The number of amides is 1. The number of anilines is 1. The molecule has 1 amide bonds. The first kappa shape index (κ1) is 26.7. The molecule has 0 unspecified atom stereocenters. The Hall–Kier alpha value is -1.53. The summed E-state index contributed by atoms with van der Waals surface area (Å²) in [4.78, 5) is 14.6. The van der Waals surface area contributed by atoms with Crippen molar-refractivity contribution < 1.29 is 23.8 Å². The van der Waals surface area contributed by atoms with Crippen molar-refractivity contribution in [3.8, 4) is 0 Å². The zero-order valence-electron chi connectivity index (χ0n) is 23.3. The Morgan fingerprint density at radius 2 is 1.82 bits per heavy atom. The Morgan fingerprint density at radius 3 is 2.61 bits per heavy atom. The number of hydrogen-bond acceptors (Lipinski definition) is 3. The number of fused-ring (bicyclic) bond motifs is 6. The number of benzene rings is 1. The molecule has 1 heterocycles. The van der Waals surface area contributed by atoms with Crippen molar-refractivity contribution in [1.29, 1.82) is 0 Å². The van der Waals surface area contributed by atoms with E-state index in [0.29, 0.717) is 61.0 Å². The van der Waals surface area contributed by atoms with Crippen molar-refractivity contribution in [2.75, 3.05) is 11.4 Å². The number of carbonyl (C=O) groups excluding carboxylic acids is 1. The van der Waals surface area contributed by atoms with Crippen LogP contribution >= 0.6 is 0 Å². The molecule has 4 fully saturated rings. The van der Waals surface area contributed by atoms with E-state index in [0.717, 1.165) is 50.7 Å². The Kier molecular flexibility index (Phi) is 6.70. The van der Waals surface area contributed by atoms with Gasteiger partial charge >= 0.3 is 0 Å². The number of halogens is 2. The van der Waals surface area contributed by atoms with E-state index in [1.54, 1.807) is 0 Å². The van der Waals surface area contributed by atoms with E-state index in [1.165, 1.54) is 17.7 Å². The molecule has 210 valence electrons. The van der Waals surface area contributed by atoms with Gasteiger partial charge in [0.2, 0.25) is 5.91 Å². The number of hydrogen-bond donors (Lipinski definition) is 2. The van der Waals surface area contributed by atoms with Crippen LogP contribution in [0.3, 0.4) is 0 Å². The molecule has 1 aliphatic heterocycles. The molecular formula is C32H45F2NO3. The van der Waals surface area contributed by atoms with Gasteiger partial charge in [-0.15, -0.1) is 0 Å². The molecule has 6 rings (SSSR count). The van der Waals surface area contributed by atoms with Crippen molar-refractivity contribution in [1.82, 2.24) is 0 Å². The Balaban J connectivity index is 1.14. The molecule has 4 aliphatic carbocycles. The fourth-order valence-corrected chi connectivity index (χ4v) is 10.5. The fraction of sp³-hybridized carbons (Fsp3) is 0.781. The molecule has 1 aromatic rings. The van der Waals surface area contributed by atoms with E-state index in [-0.39, 0.29) is 40.6 Å². The van der Waals surface area contributed by atoms with Crippen LogP contribution in [-0.4, -0.2) is 34.9 Å². The van der Waals surface area contributed by atoms with Gasteiger partial charge in [-0.05, 0) is 123 Å². The van der Waals surface area contributed by atoms with Gasteiger partial charge in [0.15, 0.2) is 0 Å². The third-order valence-corrected chi connectivity index (χ3v) is 12.6. The van der Waals surface area contributed by atoms with Crippen molar-refractivity contribution in [3.05, 3.63) is 29.3 Å². The molecule has 4 nitrogen and oxygen atoms in total. The Bertz CT molecular complexity index is 1090. The van der Waals surface area contributed by atoms with Gasteiger partial charge in [0.1, 0.15) is 11.6 Å². The topological polar surface area (TPSA) is 60.8 Å². The molecule has 5 aliphatic rings. The van der Waals surface area contributed by atoms with Crippen molar-refractivity contribution in [3.63, 3.8) is 0 Å². The maximum Gasteiger partial charge on any atom is 0.227 e. The molecule has 38 heavy (non-hydrogen) atoms. The molecule has 0 spiro atoms. The van der Waals surface area contributed by atoms with E-state index >= 15 is 0 Å². The van der Waals surface area contributed by atoms with Crippen molar-refractivity contribution in [2.24, 2.45) is 46.3 Å². The van der Waals surface area contributed by atoms with Crippen LogP contribution in [0.4, 0.5) is 14.5 Å². The van der Waals surface area contributed by atoms with E-state index in [1.807, 2.05) is 0 Å². The lowest BCUT2D eigenvalue weighted by Gasteiger charge is -2.62. The lowest BCUT2D eigenvalue weighted by Crippen LogP contribution is -2.58. The lowest BCUT2D eigenvalue weighted by atomic mass is 9.43. The number of carbonyl (C=O) groups is 1. The highest BCUT2D eigenvalue weighted by molar-refractivity contribution is 5.95. The monoisotopic (exact) mass is 529 g/mol. The fourth-order valence-electron chi connectivity index (χ4n) is 10.5. The highest BCUT2D eigenvalue weighted by Gasteiger charge is 2.63. The largest absolute Gasteiger partial charge is 0.393 e. The van der Waals surface area contributed by atoms with Crippen LogP contribution in [-0.2, 0) is 11.2 Å². The van der Waals surface area contributed by atoms with Gasteiger partial charge in [-0.25, -0.2) is 8.78 Å². The van der Waals surface area contributed by atoms with Crippen LogP contribution in [0.1, 0.15) is 90.5 Å². The highest BCUT2D eigenvalue weighted by Crippen LogP contribution is 2.68. The summed E-state index contributed by atoms with van der Waals surface area (Å²) in [6, 6.07) is 2.26. The first-order valence-corrected chi connectivity index (χ1v) is 15.2. The minimum absolute atomic E-state index is 0.128. The summed E-state index contributed by atoms with van der Waals surface area (Å²) in [7, 11) is 0. The maximum absolute atomic E-state index is 14.5. The van der Waals surface area contributed by atoms with E-state index in [2.05, 4.69) is 20.8 Å². The second-order valence-electron chi connectivity index (χ2n) is 14.1. The smallest absolute Gasteiger partial charge is 0.227 e. The standard InChI is InChI=1S/C32H45F2NO3/c1-18(4-11-29(38)35-15-13-22-26(33)9-10-27(34)30(22)35)23-7-8-24-21-6-5-19-16-20(36)12-14-31(19,2)25(21)17-28(37)32(23,24)3/h9-10,18-21,23-25,28,36-37H,4-8,11-17H2,1-3H3/t18-,19-,20-,21+,23-,24+,25+,28+,31+,32-/m1/s1. The number of rotatable bonds is 4. The minimum Gasteiger partial charge on any atom is -0.393 e. The third-order valence-electron chi connectivity index (χ3n) is 12.6. The van der Waals surface area contributed by atoms with Gasteiger partial charge in [0.25, 0.3) is 0 Å². The third kappa shape index (κ3) is 3.90. The summed E-state index contributed by atoms with van der Waals surface area (Å²) in [5.41, 5.74) is 0.523. The van der Waals surface area contributed by atoms with Crippen LogP contribution in [0.2, 0.25) is 0 Å². The average molecular weight is 530 g/mol.